The van der Waals surface area contributed by atoms with Crippen molar-refractivity contribution in [2.45, 2.75) is 26.4 Å². The maximum atomic E-state index is 5.89. The van der Waals surface area contributed by atoms with Crippen LogP contribution >= 0.6 is 24.4 Å². The number of hydrogen-bond acceptors (Lipinski definition) is 3. The van der Waals surface area contributed by atoms with E-state index in [2.05, 4.69) is 29.3 Å². The third-order valence-corrected chi connectivity index (χ3v) is 5.26. The van der Waals surface area contributed by atoms with Crippen LogP contribution in [-0.4, -0.2) is 39.7 Å². The van der Waals surface area contributed by atoms with E-state index < -0.39 is 0 Å². The molecule has 0 unspecified atom stereocenters. The van der Waals surface area contributed by atoms with Gasteiger partial charge in [0, 0.05) is 31.4 Å². The van der Waals surface area contributed by atoms with Gasteiger partial charge in [-0.05, 0) is 48.6 Å². The Labute approximate surface area is 172 Å². The molecule has 0 saturated carbocycles. The monoisotopic (exact) mass is 399 g/mol. The fourth-order valence-corrected chi connectivity index (χ4v) is 3.64. The van der Waals surface area contributed by atoms with E-state index in [1.54, 1.807) is 0 Å². The average Bonchev–Trinajstić information content (AvgIpc) is 3.06. The predicted octanol–water partition coefficient (Wildman–Crippen LogP) is 4.67. The topological polar surface area (TPSA) is 27.7 Å². The van der Waals surface area contributed by atoms with Crippen LogP contribution in [0.4, 0.5) is 5.69 Å². The number of nitrogens with zero attached hydrogens (tertiary/aromatic N) is 2. The van der Waals surface area contributed by atoms with Crippen molar-refractivity contribution in [3.05, 3.63) is 60.2 Å². The fraction of sp³-hybridized carbons (Fsp3) is 0.333. The highest BCUT2D eigenvalue weighted by Gasteiger charge is 2.27. The van der Waals surface area contributed by atoms with Crippen molar-refractivity contribution in [2.75, 3.05) is 25.0 Å². The van der Waals surface area contributed by atoms with Crippen LogP contribution in [0.15, 0.2) is 54.6 Å². The zero-order valence-electron chi connectivity index (χ0n) is 15.6. The first-order valence-corrected chi connectivity index (χ1v) is 10.1. The summed E-state index contributed by atoms with van der Waals surface area (Å²) in [6.07, 6.45) is 2.31. The van der Waals surface area contributed by atoms with Gasteiger partial charge in [0.1, 0.15) is 12.4 Å². The minimum absolute atomic E-state index is 0.539. The quantitative estimate of drug-likeness (QED) is 0.681. The molecular weight excluding hydrogens is 374 g/mol. The third-order valence-electron chi connectivity index (χ3n) is 4.46. The first-order valence-electron chi connectivity index (χ1n) is 9.31. The smallest absolute Gasteiger partial charge is 0.179 e. The molecule has 1 N–H and O–H groups in total. The van der Waals surface area contributed by atoms with Gasteiger partial charge >= 0.3 is 0 Å². The molecule has 1 heterocycles. The maximum Gasteiger partial charge on any atom is 0.179 e. The third kappa shape index (κ3) is 5.40. The highest BCUT2D eigenvalue weighted by atomic mass is 32.1. The second-order valence-electron chi connectivity index (χ2n) is 6.51. The molecule has 4 nitrogen and oxygen atoms in total. The van der Waals surface area contributed by atoms with Crippen molar-refractivity contribution in [1.82, 2.24) is 9.80 Å². The predicted molar refractivity (Wildman–Crippen MR) is 119 cm³/mol. The van der Waals surface area contributed by atoms with Crippen molar-refractivity contribution >= 4 is 40.3 Å². The van der Waals surface area contributed by atoms with E-state index in [4.69, 9.17) is 29.2 Å². The Morgan fingerprint density at radius 1 is 1.11 bits per heavy atom. The Morgan fingerprint density at radius 3 is 2.70 bits per heavy atom. The van der Waals surface area contributed by atoms with Gasteiger partial charge < -0.3 is 15.0 Å². The van der Waals surface area contributed by atoms with E-state index in [1.807, 2.05) is 47.4 Å². The van der Waals surface area contributed by atoms with Crippen molar-refractivity contribution in [3.63, 3.8) is 0 Å². The summed E-state index contributed by atoms with van der Waals surface area (Å²) in [5.41, 5.74) is 2.04. The Hall–Kier alpha value is -2.18. The van der Waals surface area contributed by atoms with Crippen molar-refractivity contribution in [3.8, 4) is 5.75 Å². The molecule has 1 saturated heterocycles. The Kier molecular flexibility index (Phi) is 7.01. The van der Waals surface area contributed by atoms with Gasteiger partial charge in [-0.15, -0.1) is 0 Å². The van der Waals surface area contributed by atoms with E-state index in [9.17, 15) is 0 Å². The van der Waals surface area contributed by atoms with Crippen LogP contribution in [0, 0.1) is 0 Å². The number of thiocarbonyl (C=S) groups is 2. The molecule has 1 aliphatic heterocycles. The highest BCUT2D eigenvalue weighted by molar-refractivity contribution is 7.82. The first kappa shape index (κ1) is 19.6. The molecule has 27 heavy (non-hydrogen) atoms. The molecule has 1 fully saturated rings. The molecule has 3 rings (SSSR count). The van der Waals surface area contributed by atoms with Crippen LogP contribution < -0.4 is 10.1 Å². The van der Waals surface area contributed by atoms with Gasteiger partial charge in [-0.2, -0.15) is 0 Å². The van der Waals surface area contributed by atoms with Crippen LogP contribution in [-0.2, 0) is 6.61 Å². The van der Waals surface area contributed by atoms with Crippen LogP contribution in [0.3, 0.4) is 0 Å². The van der Waals surface area contributed by atoms with Gasteiger partial charge in [-0.25, -0.2) is 0 Å². The number of anilines is 1. The first-order chi connectivity index (χ1) is 13.2. The molecule has 0 aliphatic carbocycles. The summed E-state index contributed by atoms with van der Waals surface area (Å²) < 4.78 is 5.89. The molecule has 1 aliphatic rings. The number of unbranched alkanes of at least 4 members (excludes halogenated alkanes) is 1. The molecule has 0 bridgehead atoms. The molecule has 142 valence electrons. The molecule has 0 atom stereocenters. The second kappa shape index (κ2) is 9.67. The average molecular weight is 400 g/mol. The van der Waals surface area contributed by atoms with Gasteiger partial charge in [0.15, 0.2) is 10.2 Å². The lowest BCUT2D eigenvalue weighted by Gasteiger charge is -2.23. The van der Waals surface area contributed by atoms with Crippen LogP contribution in [0.2, 0.25) is 0 Å². The Balaban J connectivity index is 1.56. The standard InChI is InChI=1S/C21H25N3OS2/c1-2-3-12-23-13-14-24(21(23)27)20(26)22-18-10-7-11-19(15-18)25-16-17-8-5-4-6-9-17/h4-11,15H,2-3,12-14,16H2,1H3,(H,22,26). The van der Waals surface area contributed by atoms with Crippen LogP contribution in [0.5, 0.6) is 5.75 Å². The van der Waals surface area contributed by atoms with Gasteiger partial charge in [0.2, 0.25) is 0 Å². The molecule has 6 heteroatoms. The van der Waals surface area contributed by atoms with Crippen LogP contribution in [0.1, 0.15) is 25.3 Å². The minimum Gasteiger partial charge on any atom is -0.489 e. The number of hydrogen-bond donors (Lipinski definition) is 1. The Bertz CT molecular complexity index is 782. The maximum absolute atomic E-state index is 5.89. The van der Waals surface area contributed by atoms with E-state index in [1.165, 1.54) is 0 Å². The summed E-state index contributed by atoms with van der Waals surface area (Å²) in [4.78, 5) is 4.23. The minimum atomic E-state index is 0.539. The molecule has 2 aromatic rings. The molecule has 2 aromatic carbocycles. The van der Waals surface area contributed by atoms with Gasteiger partial charge in [0.05, 0.1) is 0 Å². The summed E-state index contributed by atoms with van der Waals surface area (Å²) in [7, 11) is 0. The van der Waals surface area contributed by atoms with Crippen molar-refractivity contribution < 1.29 is 4.74 Å². The Morgan fingerprint density at radius 2 is 1.93 bits per heavy atom. The van der Waals surface area contributed by atoms with Crippen LogP contribution in [0.25, 0.3) is 0 Å². The van der Waals surface area contributed by atoms with E-state index in [0.717, 1.165) is 54.6 Å². The van der Waals surface area contributed by atoms with E-state index in [0.29, 0.717) is 11.7 Å². The highest BCUT2D eigenvalue weighted by Crippen LogP contribution is 2.20. The summed E-state index contributed by atoms with van der Waals surface area (Å²) in [6, 6.07) is 18.0. The summed E-state index contributed by atoms with van der Waals surface area (Å²) in [5, 5.41) is 4.75. The zero-order valence-corrected chi connectivity index (χ0v) is 17.2. The van der Waals surface area contributed by atoms with Crippen molar-refractivity contribution in [1.29, 1.82) is 0 Å². The molecule has 0 spiro atoms. The normalized spacial score (nSPS) is 13.7. The van der Waals surface area contributed by atoms with Crippen molar-refractivity contribution in [2.24, 2.45) is 0 Å². The number of benzene rings is 2. The summed E-state index contributed by atoms with van der Waals surface area (Å²) >= 11 is 11.2. The lowest BCUT2D eigenvalue weighted by Crippen LogP contribution is -2.38. The second-order valence-corrected chi connectivity index (χ2v) is 7.26. The van der Waals surface area contributed by atoms with Gasteiger partial charge in [0.25, 0.3) is 0 Å². The SMILES string of the molecule is CCCCN1CCN(C(=S)Nc2cccc(OCc3ccccc3)c2)C1=S. The largest absolute Gasteiger partial charge is 0.489 e. The fourth-order valence-electron chi connectivity index (χ4n) is 2.92. The lowest BCUT2D eigenvalue weighted by molar-refractivity contribution is 0.306. The van der Waals surface area contributed by atoms with Gasteiger partial charge in [-0.3, -0.25) is 4.90 Å². The number of ether oxygens (including phenoxy) is 1. The molecule has 0 amide bonds. The number of nitrogens with one attached hydrogen (secondary N) is 1. The lowest BCUT2D eigenvalue weighted by atomic mass is 10.2. The van der Waals surface area contributed by atoms with E-state index >= 15 is 0 Å². The molecule has 0 aromatic heterocycles. The summed E-state index contributed by atoms with van der Waals surface area (Å²) in [6.45, 7) is 5.49. The zero-order chi connectivity index (χ0) is 19.1. The van der Waals surface area contributed by atoms with E-state index in [-0.39, 0.29) is 0 Å². The summed E-state index contributed by atoms with van der Waals surface area (Å²) in [5.74, 6) is 0.806. The molecular formula is C21H25N3OS2. The van der Waals surface area contributed by atoms with Gasteiger partial charge in [-0.1, -0.05) is 49.7 Å². The molecule has 0 radical (unpaired) electrons. The number of rotatable bonds is 7.